The first-order valence-corrected chi connectivity index (χ1v) is 5.95. The van der Waals surface area contributed by atoms with Gasteiger partial charge in [-0.15, -0.1) is 0 Å². The van der Waals surface area contributed by atoms with E-state index >= 15 is 0 Å². The van der Waals surface area contributed by atoms with Gasteiger partial charge in [0, 0.05) is 30.9 Å². The molecule has 0 aliphatic heterocycles. The molecule has 6 nitrogen and oxygen atoms in total. The van der Waals surface area contributed by atoms with Gasteiger partial charge in [-0.2, -0.15) is 5.10 Å². The summed E-state index contributed by atoms with van der Waals surface area (Å²) in [6.07, 6.45) is 2.66. The van der Waals surface area contributed by atoms with Gasteiger partial charge in [0.25, 0.3) is 0 Å². The van der Waals surface area contributed by atoms with Gasteiger partial charge in [0.1, 0.15) is 17.5 Å². The Kier molecular flexibility index (Phi) is 3.45. The minimum atomic E-state index is 0.610. The summed E-state index contributed by atoms with van der Waals surface area (Å²) >= 11 is 0. The van der Waals surface area contributed by atoms with E-state index < -0.39 is 0 Å². The van der Waals surface area contributed by atoms with Gasteiger partial charge in [-0.1, -0.05) is 6.92 Å². The molecule has 0 spiro atoms. The molecule has 0 saturated carbocycles. The molecule has 0 atom stereocenters. The molecule has 2 heterocycles. The summed E-state index contributed by atoms with van der Waals surface area (Å²) in [5.41, 5.74) is 7.88. The molecule has 0 amide bonds. The number of hydrogen-bond acceptors (Lipinski definition) is 5. The average molecular weight is 246 g/mol. The maximum absolute atomic E-state index is 5.88. The second-order valence-electron chi connectivity index (χ2n) is 4.18. The fourth-order valence-corrected chi connectivity index (χ4v) is 1.72. The highest BCUT2D eigenvalue weighted by molar-refractivity contribution is 5.43. The maximum atomic E-state index is 5.88. The highest BCUT2D eigenvalue weighted by Gasteiger charge is 2.05. The first kappa shape index (κ1) is 12.3. The molecule has 0 aromatic carbocycles. The van der Waals surface area contributed by atoms with Crippen LogP contribution in [0.15, 0.2) is 12.3 Å². The fourth-order valence-electron chi connectivity index (χ4n) is 1.72. The standard InChI is InChI=1S/C12H18N6/c1-4-10-5-11(17-8(2)16-10)14-6-9-7-15-18(3)12(9)13/h5,7H,4,6,13H2,1-3H3,(H,14,16,17). The predicted molar refractivity (Wildman–Crippen MR) is 71.1 cm³/mol. The topological polar surface area (TPSA) is 81.7 Å². The molecular formula is C12H18N6. The molecule has 2 aromatic rings. The van der Waals surface area contributed by atoms with Crippen molar-refractivity contribution in [1.82, 2.24) is 19.7 Å². The molecule has 3 N–H and O–H groups in total. The Balaban J connectivity index is 2.10. The van der Waals surface area contributed by atoms with Crippen LogP contribution >= 0.6 is 0 Å². The Morgan fingerprint density at radius 3 is 2.78 bits per heavy atom. The Hall–Kier alpha value is -2.11. The molecule has 0 saturated heterocycles. The Morgan fingerprint density at radius 2 is 2.17 bits per heavy atom. The van der Waals surface area contributed by atoms with Crippen molar-refractivity contribution in [2.45, 2.75) is 26.8 Å². The van der Waals surface area contributed by atoms with Crippen LogP contribution in [-0.2, 0) is 20.0 Å². The van der Waals surface area contributed by atoms with E-state index in [1.165, 1.54) is 0 Å². The minimum Gasteiger partial charge on any atom is -0.384 e. The van der Waals surface area contributed by atoms with Crippen LogP contribution < -0.4 is 11.1 Å². The molecule has 2 aromatic heterocycles. The summed E-state index contributed by atoms with van der Waals surface area (Å²) in [6, 6.07) is 1.96. The van der Waals surface area contributed by atoms with Crippen molar-refractivity contribution in [3.05, 3.63) is 29.3 Å². The molecule has 0 aliphatic rings. The van der Waals surface area contributed by atoms with Crippen LogP contribution in [0.1, 0.15) is 24.0 Å². The Bertz CT molecular complexity index is 545. The Morgan fingerprint density at radius 1 is 1.39 bits per heavy atom. The number of nitrogens with two attached hydrogens (primary N) is 1. The van der Waals surface area contributed by atoms with E-state index in [0.29, 0.717) is 12.4 Å². The molecule has 0 aliphatic carbocycles. The first-order valence-electron chi connectivity index (χ1n) is 5.95. The van der Waals surface area contributed by atoms with Gasteiger partial charge < -0.3 is 11.1 Å². The zero-order chi connectivity index (χ0) is 13.1. The molecule has 96 valence electrons. The summed E-state index contributed by atoms with van der Waals surface area (Å²) < 4.78 is 1.65. The predicted octanol–water partition coefficient (Wildman–Crippen LogP) is 1.28. The number of rotatable bonds is 4. The van der Waals surface area contributed by atoms with Crippen molar-refractivity contribution in [3.8, 4) is 0 Å². The third-order valence-corrected chi connectivity index (χ3v) is 2.78. The lowest BCUT2D eigenvalue weighted by Crippen LogP contribution is -2.06. The summed E-state index contributed by atoms with van der Waals surface area (Å²) in [5.74, 6) is 2.27. The molecule has 2 rings (SSSR count). The van der Waals surface area contributed by atoms with Gasteiger partial charge in [-0.3, -0.25) is 4.68 Å². The van der Waals surface area contributed by atoms with Crippen molar-refractivity contribution in [1.29, 1.82) is 0 Å². The number of nitrogens with zero attached hydrogens (tertiary/aromatic N) is 4. The van der Waals surface area contributed by atoms with Gasteiger partial charge in [0.05, 0.1) is 6.20 Å². The van der Waals surface area contributed by atoms with Gasteiger partial charge in [-0.25, -0.2) is 9.97 Å². The minimum absolute atomic E-state index is 0.610. The van der Waals surface area contributed by atoms with Crippen molar-refractivity contribution in [2.24, 2.45) is 7.05 Å². The van der Waals surface area contributed by atoms with Crippen molar-refractivity contribution in [3.63, 3.8) is 0 Å². The summed E-state index contributed by atoms with van der Waals surface area (Å²) in [6.45, 7) is 4.58. The smallest absolute Gasteiger partial charge is 0.130 e. The zero-order valence-electron chi connectivity index (χ0n) is 10.9. The van der Waals surface area contributed by atoms with Crippen LogP contribution in [0.25, 0.3) is 0 Å². The molecule has 6 heteroatoms. The van der Waals surface area contributed by atoms with E-state index in [2.05, 4.69) is 27.3 Å². The third kappa shape index (κ3) is 2.58. The molecular weight excluding hydrogens is 228 g/mol. The second-order valence-corrected chi connectivity index (χ2v) is 4.18. The lowest BCUT2D eigenvalue weighted by atomic mass is 10.3. The molecule has 0 fully saturated rings. The number of hydrogen-bond donors (Lipinski definition) is 2. The SMILES string of the molecule is CCc1cc(NCc2cnn(C)c2N)nc(C)n1. The van der Waals surface area contributed by atoms with Crippen LogP contribution in [0.3, 0.4) is 0 Å². The summed E-state index contributed by atoms with van der Waals surface area (Å²) in [5, 5.41) is 7.34. The van der Waals surface area contributed by atoms with E-state index in [0.717, 1.165) is 29.3 Å². The average Bonchev–Trinajstić information content (AvgIpc) is 2.67. The monoisotopic (exact) mass is 246 g/mol. The number of aromatic nitrogens is 4. The number of aryl methyl sites for hydroxylation is 3. The molecule has 0 bridgehead atoms. The van der Waals surface area contributed by atoms with Crippen LogP contribution in [0, 0.1) is 6.92 Å². The first-order chi connectivity index (χ1) is 8.60. The third-order valence-electron chi connectivity index (χ3n) is 2.78. The number of anilines is 2. The lowest BCUT2D eigenvalue weighted by Gasteiger charge is -2.07. The lowest BCUT2D eigenvalue weighted by molar-refractivity contribution is 0.778. The number of nitrogen functional groups attached to an aromatic ring is 1. The molecule has 0 radical (unpaired) electrons. The normalized spacial score (nSPS) is 10.6. The maximum Gasteiger partial charge on any atom is 0.130 e. The molecule has 18 heavy (non-hydrogen) atoms. The quantitative estimate of drug-likeness (QED) is 0.849. The summed E-state index contributed by atoms with van der Waals surface area (Å²) in [7, 11) is 1.82. The van der Waals surface area contributed by atoms with E-state index in [1.54, 1.807) is 10.9 Å². The van der Waals surface area contributed by atoms with E-state index in [9.17, 15) is 0 Å². The van der Waals surface area contributed by atoms with E-state index in [1.807, 2.05) is 20.0 Å². The van der Waals surface area contributed by atoms with E-state index in [4.69, 9.17) is 5.73 Å². The Labute approximate surface area is 106 Å². The van der Waals surface area contributed by atoms with Gasteiger partial charge in [0.15, 0.2) is 0 Å². The second kappa shape index (κ2) is 5.03. The van der Waals surface area contributed by atoms with Crippen molar-refractivity contribution >= 4 is 11.6 Å². The number of nitrogens with one attached hydrogen (secondary N) is 1. The van der Waals surface area contributed by atoms with Gasteiger partial charge >= 0.3 is 0 Å². The van der Waals surface area contributed by atoms with E-state index in [-0.39, 0.29) is 0 Å². The summed E-state index contributed by atoms with van der Waals surface area (Å²) in [4.78, 5) is 8.68. The van der Waals surface area contributed by atoms with Crippen molar-refractivity contribution in [2.75, 3.05) is 11.1 Å². The van der Waals surface area contributed by atoms with Crippen LogP contribution in [0.4, 0.5) is 11.6 Å². The van der Waals surface area contributed by atoms with Crippen LogP contribution in [0.2, 0.25) is 0 Å². The van der Waals surface area contributed by atoms with Crippen molar-refractivity contribution < 1.29 is 0 Å². The largest absolute Gasteiger partial charge is 0.384 e. The highest BCUT2D eigenvalue weighted by Crippen LogP contribution is 2.13. The van der Waals surface area contributed by atoms with Crippen LogP contribution in [0.5, 0.6) is 0 Å². The zero-order valence-corrected chi connectivity index (χ0v) is 10.9. The molecule has 0 unspecified atom stereocenters. The van der Waals surface area contributed by atoms with Gasteiger partial charge in [-0.05, 0) is 13.3 Å². The van der Waals surface area contributed by atoms with Gasteiger partial charge in [0.2, 0.25) is 0 Å². The van der Waals surface area contributed by atoms with Crippen LogP contribution in [-0.4, -0.2) is 19.7 Å². The fraction of sp³-hybridized carbons (Fsp3) is 0.417. The highest BCUT2D eigenvalue weighted by atomic mass is 15.3.